The van der Waals surface area contributed by atoms with Crippen LogP contribution in [0, 0.1) is 0 Å². The van der Waals surface area contributed by atoms with Gasteiger partial charge in [-0.1, -0.05) is 18.2 Å². The Morgan fingerprint density at radius 2 is 2.14 bits per heavy atom. The summed E-state index contributed by atoms with van der Waals surface area (Å²) in [7, 11) is 1.65. The second-order valence-corrected chi connectivity index (χ2v) is 8.96. The molecular weight excluding hydrogens is 384 g/mol. The number of para-hydroxylation sites is 1. The number of hydrogen-bond donors (Lipinski definition) is 1. The van der Waals surface area contributed by atoms with Crippen molar-refractivity contribution in [1.82, 2.24) is 10.2 Å². The normalized spacial score (nSPS) is 20.8. The number of likely N-dealkylation sites (tertiary alicyclic amines) is 1. The van der Waals surface area contributed by atoms with Crippen LogP contribution in [0.1, 0.15) is 42.7 Å². The van der Waals surface area contributed by atoms with Gasteiger partial charge < -0.3 is 14.8 Å². The largest absolute Gasteiger partial charge is 0.487 e. The summed E-state index contributed by atoms with van der Waals surface area (Å²) in [5.74, 6) is 1.25. The van der Waals surface area contributed by atoms with Crippen molar-refractivity contribution >= 4 is 17.2 Å². The number of benzene rings is 1. The van der Waals surface area contributed by atoms with Crippen LogP contribution < -0.4 is 10.1 Å². The van der Waals surface area contributed by atoms with Crippen molar-refractivity contribution in [2.75, 3.05) is 33.4 Å². The van der Waals surface area contributed by atoms with Crippen LogP contribution in [0.2, 0.25) is 0 Å². The molecule has 1 saturated heterocycles. The molecule has 156 valence electrons. The number of carbonyl (C=O) groups excluding carboxylic acids is 1. The monoisotopic (exact) mass is 414 g/mol. The van der Waals surface area contributed by atoms with Gasteiger partial charge in [-0.15, -0.1) is 0 Å². The number of hydrogen-bond acceptors (Lipinski definition) is 5. The molecule has 0 saturated carbocycles. The summed E-state index contributed by atoms with van der Waals surface area (Å²) in [6.07, 6.45) is 3.43. The lowest BCUT2D eigenvalue weighted by atomic mass is 9.76. The number of methoxy groups -OCH3 is 1. The molecule has 29 heavy (non-hydrogen) atoms. The second-order valence-electron chi connectivity index (χ2n) is 8.18. The maximum atomic E-state index is 12.5. The van der Waals surface area contributed by atoms with E-state index in [9.17, 15) is 4.79 Å². The van der Waals surface area contributed by atoms with E-state index in [0.717, 1.165) is 44.6 Å². The van der Waals surface area contributed by atoms with Crippen molar-refractivity contribution in [2.24, 2.45) is 0 Å². The van der Waals surface area contributed by atoms with E-state index in [-0.39, 0.29) is 17.4 Å². The highest BCUT2D eigenvalue weighted by molar-refractivity contribution is 7.07. The Morgan fingerprint density at radius 1 is 1.31 bits per heavy atom. The van der Waals surface area contributed by atoms with E-state index in [1.165, 1.54) is 11.1 Å². The Morgan fingerprint density at radius 3 is 2.90 bits per heavy atom. The molecule has 1 N–H and O–H groups in total. The Kier molecular flexibility index (Phi) is 6.53. The van der Waals surface area contributed by atoms with Gasteiger partial charge in [0.1, 0.15) is 11.4 Å². The molecule has 1 spiro atoms. The number of fused-ring (bicyclic) bond motifs is 1. The number of amides is 1. The molecule has 2 aliphatic heterocycles. The number of piperidine rings is 1. The molecule has 2 aromatic rings. The number of rotatable bonds is 7. The number of nitrogens with zero attached hydrogens (tertiary/aromatic N) is 1. The fraction of sp³-hybridized carbons (Fsp3) is 0.522. The number of thiophene rings is 1. The summed E-state index contributed by atoms with van der Waals surface area (Å²) in [6, 6.07) is 10.4. The van der Waals surface area contributed by atoms with Gasteiger partial charge in [0.2, 0.25) is 5.91 Å². The highest BCUT2D eigenvalue weighted by atomic mass is 32.1. The zero-order valence-corrected chi connectivity index (χ0v) is 17.9. The molecular formula is C23H30N2O3S. The van der Waals surface area contributed by atoms with Crippen LogP contribution in [-0.2, 0) is 16.1 Å². The minimum Gasteiger partial charge on any atom is -0.487 e. The molecule has 0 bridgehead atoms. The van der Waals surface area contributed by atoms with Gasteiger partial charge in [-0.25, -0.2) is 0 Å². The van der Waals surface area contributed by atoms with E-state index in [4.69, 9.17) is 9.47 Å². The predicted octanol–water partition coefficient (Wildman–Crippen LogP) is 3.80. The van der Waals surface area contributed by atoms with E-state index in [1.807, 2.05) is 12.1 Å². The fourth-order valence-electron chi connectivity index (χ4n) is 4.58. The predicted molar refractivity (Wildman–Crippen MR) is 115 cm³/mol. The van der Waals surface area contributed by atoms with Crippen LogP contribution in [0.15, 0.2) is 41.1 Å². The summed E-state index contributed by atoms with van der Waals surface area (Å²) < 4.78 is 11.6. The van der Waals surface area contributed by atoms with Gasteiger partial charge >= 0.3 is 0 Å². The Bertz CT molecular complexity index is 800. The average molecular weight is 415 g/mol. The van der Waals surface area contributed by atoms with Crippen molar-refractivity contribution in [3.8, 4) is 5.75 Å². The molecule has 1 aromatic heterocycles. The Labute approximate surface area is 177 Å². The van der Waals surface area contributed by atoms with Gasteiger partial charge in [0.25, 0.3) is 0 Å². The van der Waals surface area contributed by atoms with Crippen molar-refractivity contribution in [3.63, 3.8) is 0 Å². The summed E-state index contributed by atoms with van der Waals surface area (Å²) in [4.78, 5) is 15.0. The summed E-state index contributed by atoms with van der Waals surface area (Å²) in [5.41, 5.74) is 2.41. The van der Waals surface area contributed by atoms with E-state index in [1.54, 1.807) is 18.4 Å². The summed E-state index contributed by atoms with van der Waals surface area (Å²) in [6.45, 7) is 4.18. The van der Waals surface area contributed by atoms with Gasteiger partial charge in [0.15, 0.2) is 0 Å². The van der Waals surface area contributed by atoms with Crippen LogP contribution in [0.4, 0.5) is 0 Å². The second kappa shape index (κ2) is 9.28. The number of ether oxygens (including phenoxy) is 2. The molecule has 2 aliphatic rings. The van der Waals surface area contributed by atoms with Crippen molar-refractivity contribution in [1.29, 1.82) is 0 Å². The van der Waals surface area contributed by atoms with Gasteiger partial charge in [0, 0.05) is 45.6 Å². The topological polar surface area (TPSA) is 50.8 Å². The lowest BCUT2D eigenvalue weighted by Gasteiger charge is -2.47. The van der Waals surface area contributed by atoms with E-state index in [0.29, 0.717) is 19.6 Å². The first kappa shape index (κ1) is 20.4. The van der Waals surface area contributed by atoms with Crippen LogP contribution in [0.25, 0.3) is 0 Å². The number of carbonyl (C=O) groups is 1. The third kappa shape index (κ3) is 5.00. The van der Waals surface area contributed by atoms with Gasteiger partial charge in [0.05, 0.1) is 6.61 Å². The van der Waals surface area contributed by atoms with E-state index in [2.05, 4.69) is 39.2 Å². The average Bonchev–Trinajstić information content (AvgIpc) is 3.23. The van der Waals surface area contributed by atoms with Gasteiger partial charge in [-0.2, -0.15) is 11.3 Å². The minimum atomic E-state index is -0.156. The highest BCUT2D eigenvalue weighted by Gasteiger charge is 2.43. The molecule has 4 rings (SSSR count). The molecule has 3 heterocycles. The molecule has 1 fully saturated rings. The van der Waals surface area contributed by atoms with Crippen LogP contribution in [-0.4, -0.2) is 49.8 Å². The molecule has 1 atom stereocenters. The van der Waals surface area contributed by atoms with Crippen LogP contribution in [0.3, 0.4) is 0 Å². The smallest absolute Gasteiger partial charge is 0.220 e. The zero-order valence-electron chi connectivity index (χ0n) is 17.1. The first-order valence-corrected chi connectivity index (χ1v) is 11.4. The fourth-order valence-corrected chi connectivity index (χ4v) is 5.24. The molecule has 1 unspecified atom stereocenters. The van der Waals surface area contributed by atoms with Gasteiger partial charge in [-0.05, 0) is 53.3 Å². The molecule has 6 heteroatoms. The van der Waals surface area contributed by atoms with Crippen LogP contribution in [0.5, 0.6) is 5.75 Å². The lowest BCUT2D eigenvalue weighted by Crippen LogP contribution is -2.50. The summed E-state index contributed by atoms with van der Waals surface area (Å²) in [5, 5.41) is 7.35. The molecule has 1 aromatic carbocycles. The SMILES string of the molecule is COCCNC(=O)CC1CC2(CCN(Cc3ccsc3)CC2)Oc2ccccc21. The third-order valence-electron chi connectivity index (χ3n) is 6.12. The van der Waals surface area contributed by atoms with Crippen molar-refractivity contribution in [3.05, 3.63) is 52.2 Å². The molecule has 1 amide bonds. The molecule has 0 radical (unpaired) electrons. The van der Waals surface area contributed by atoms with Crippen molar-refractivity contribution < 1.29 is 14.3 Å². The lowest BCUT2D eigenvalue weighted by molar-refractivity contribution is -0.122. The molecule has 0 aliphatic carbocycles. The highest BCUT2D eigenvalue weighted by Crippen LogP contribution is 2.46. The maximum absolute atomic E-state index is 12.5. The first-order valence-electron chi connectivity index (χ1n) is 10.4. The maximum Gasteiger partial charge on any atom is 0.220 e. The Balaban J connectivity index is 1.42. The molecule has 5 nitrogen and oxygen atoms in total. The standard InChI is InChI=1S/C23H30N2O3S/c1-27-12-9-24-22(26)14-19-15-23(28-21-5-3-2-4-20(19)21)7-10-25(11-8-23)16-18-6-13-29-17-18/h2-6,13,17,19H,7-12,14-16H2,1H3,(H,24,26). The number of nitrogens with one attached hydrogen (secondary N) is 1. The third-order valence-corrected chi connectivity index (χ3v) is 6.85. The summed E-state index contributed by atoms with van der Waals surface area (Å²) >= 11 is 1.76. The van der Waals surface area contributed by atoms with Gasteiger partial charge in [-0.3, -0.25) is 9.69 Å². The Hall–Kier alpha value is -1.89. The first-order chi connectivity index (χ1) is 14.2. The van der Waals surface area contributed by atoms with Crippen molar-refractivity contribution in [2.45, 2.75) is 43.7 Å². The van der Waals surface area contributed by atoms with E-state index >= 15 is 0 Å². The quantitative estimate of drug-likeness (QED) is 0.700. The van der Waals surface area contributed by atoms with Crippen LogP contribution >= 0.6 is 11.3 Å². The zero-order chi connectivity index (χ0) is 20.1. The minimum absolute atomic E-state index is 0.0915. The van der Waals surface area contributed by atoms with E-state index < -0.39 is 0 Å².